The van der Waals surface area contributed by atoms with Crippen LogP contribution in [0.4, 0.5) is 0 Å². The zero-order valence-electron chi connectivity index (χ0n) is 7.16. The lowest BCUT2D eigenvalue weighted by Crippen LogP contribution is -2.22. The summed E-state index contributed by atoms with van der Waals surface area (Å²) in [5, 5.41) is 0.553. The molecule has 1 aromatic rings. The molecule has 13 heavy (non-hydrogen) atoms. The first-order chi connectivity index (χ1) is 6.15. The quantitative estimate of drug-likeness (QED) is 0.735. The SMILES string of the molecule is COC(=O)C(N)c1cccc(Cl)c1. The monoisotopic (exact) mass is 199 g/mol. The summed E-state index contributed by atoms with van der Waals surface area (Å²) in [5.41, 5.74) is 6.24. The van der Waals surface area contributed by atoms with Gasteiger partial charge in [-0.1, -0.05) is 23.7 Å². The van der Waals surface area contributed by atoms with E-state index >= 15 is 0 Å². The van der Waals surface area contributed by atoms with Gasteiger partial charge in [0.05, 0.1) is 7.11 Å². The number of halogens is 1. The molecule has 0 aromatic heterocycles. The van der Waals surface area contributed by atoms with Crippen molar-refractivity contribution in [3.63, 3.8) is 0 Å². The van der Waals surface area contributed by atoms with E-state index in [0.717, 1.165) is 0 Å². The molecule has 0 saturated carbocycles. The molecule has 0 fully saturated rings. The Balaban J connectivity index is 2.88. The molecule has 2 N–H and O–H groups in total. The number of nitrogens with two attached hydrogens (primary N) is 1. The summed E-state index contributed by atoms with van der Waals surface area (Å²) in [6.07, 6.45) is 0. The molecule has 0 radical (unpaired) electrons. The first kappa shape index (κ1) is 10.0. The number of esters is 1. The van der Waals surface area contributed by atoms with Gasteiger partial charge in [-0.05, 0) is 17.7 Å². The van der Waals surface area contributed by atoms with Crippen LogP contribution in [0, 0.1) is 0 Å². The van der Waals surface area contributed by atoms with Gasteiger partial charge in [0.1, 0.15) is 6.04 Å². The third-order valence-electron chi connectivity index (χ3n) is 1.66. The minimum absolute atomic E-state index is 0.470. The van der Waals surface area contributed by atoms with E-state index in [9.17, 15) is 4.79 Å². The molecule has 1 rings (SSSR count). The molecule has 0 aliphatic carbocycles. The van der Waals surface area contributed by atoms with Gasteiger partial charge in [0.15, 0.2) is 0 Å². The van der Waals surface area contributed by atoms with E-state index < -0.39 is 12.0 Å². The van der Waals surface area contributed by atoms with Crippen molar-refractivity contribution in [2.24, 2.45) is 5.73 Å². The smallest absolute Gasteiger partial charge is 0.327 e. The summed E-state index contributed by atoms with van der Waals surface area (Å²) >= 11 is 5.73. The van der Waals surface area contributed by atoms with Gasteiger partial charge in [-0.25, -0.2) is 0 Å². The molecule has 3 nitrogen and oxygen atoms in total. The van der Waals surface area contributed by atoms with Gasteiger partial charge >= 0.3 is 5.97 Å². The van der Waals surface area contributed by atoms with E-state index in [1.807, 2.05) is 0 Å². The van der Waals surface area contributed by atoms with Gasteiger partial charge in [-0.15, -0.1) is 0 Å². The zero-order chi connectivity index (χ0) is 9.84. The predicted octanol–water partition coefficient (Wildman–Crippen LogP) is 1.51. The average Bonchev–Trinajstić information content (AvgIpc) is 2.15. The minimum Gasteiger partial charge on any atom is -0.468 e. The normalized spacial score (nSPS) is 12.2. The standard InChI is InChI=1S/C9H10ClNO2/c1-13-9(12)8(11)6-3-2-4-7(10)5-6/h2-5,8H,11H2,1H3. The number of rotatable bonds is 2. The lowest BCUT2D eigenvalue weighted by atomic mass is 10.1. The Labute approximate surface area is 81.4 Å². The van der Waals surface area contributed by atoms with Gasteiger partial charge < -0.3 is 10.5 Å². The second-order valence-corrected chi connectivity index (χ2v) is 2.99. The van der Waals surface area contributed by atoms with Crippen LogP contribution in [0.25, 0.3) is 0 Å². The highest BCUT2D eigenvalue weighted by atomic mass is 35.5. The second-order valence-electron chi connectivity index (χ2n) is 2.56. The van der Waals surface area contributed by atoms with E-state index in [2.05, 4.69) is 4.74 Å². The zero-order valence-corrected chi connectivity index (χ0v) is 7.91. The highest BCUT2D eigenvalue weighted by Gasteiger charge is 2.15. The largest absolute Gasteiger partial charge is 0.468 e. The Morgan fingerprint density at radius 2 is 2.31 bits per heavy atom. The third-order valence-corrected chi connectivity index (χ3v) is 1.90. The minimum atomic E-state index is -0.760. The van der Waals surface area contributed by atoms with E-state index in [0.29, 0.717) is 10.6 Å². The number of methoxy groups -OCH3 is 1. The van der Waals surface area contributed by atoms with Crippen molar-refractivity contribution in [1.82, 2.24) is 0 Å². The fraction of sp³-hybridized carbons (Fsp3) is 0.222. The Morgan fingerprint density at radius 3 is 2.85 bits per heavy atom. The van der Waals surface area contributed by atoms with Gasteiger partial charge in [0.25, 0.3) is 0 Å². The van der Waals surface area contributed by atoms with Crippen molar-refractivity contribution in [3.8, 4) is 0 Å². The molecule has 0 aliphatic rings. The van der Waals surface area contributed by atoms with Crippen molar-refractivity contribution in [1.29, 1.82) is 0 Å². The fourth-order valence-corrected chi connectivity index (χ4v) is 1.16. The molecule has 0 amide bonds. The molecule has 0 aliphatic heterocycles. The van der Waals surface area contributed by atoms with Crippen LogP contribution in [-0.2, 0) is 9.53 Å². The van der Waals surface area contributed by atoms with Crippen molar-refractivity contribution < 1.29 is 9.53 Å². The average molecular weight is 200 g/mol. The van der Waals surface area contributed by atoms with Gasteiger partial charge in [-0.2, -0.15) is 0 Å². The van der Waals surface area contributed by atoms with Crippen LogP contribution in [0.15, 0.2) is 24.3 Å². The van der Waals surface area contributed by atoms with Crippen LogP contribution in [0.2, 0.25) is 5.02 Å². The number of carbonyl (C=O) groups excluding carboxylic acids is 1. The van der Waals surface area contributed by atoms with E-state index in [4.69, 9.17) is 17.3 Å². The highest BCUT2D eigenvalue weighted by molar-refractivity contribution is 6.30. The molecular weight excluding hydrogens is 190 g/mol. The maximum absolute atomic E-state index is 11.0. The molecule has 0 saturated heterocycles. The van der Waals surface area contributed by atoms with Gasteiger partial charge in [-0.3, -0.25) is 4.79 Å². The van der Waals surface area contributed by atoms with Crippen LogP contribution in [0.1, 0.15) is 11.6 Å². The molecule has 0 heterocycles. The third kappa shape index (κ3) is 2.44. The maximum Gasteiger partial charge on any atom is 0.327 e. The first-order valence-electron chi connectivity index (χ1n) is 3.74. The molecule has 1 atom stereocenters. The van der Waals surface area contributed by atoms with Crippen molar-refractivity contribution in [3.05, 3.63) is 34.9 Å². The number of hydrogen-bond acceptors (Lipinski definition) is 3. The summed E-state index contributed by atoms with van der Waals surface area (Å²) in [5.74, 6) is -0.470. The Morgan fingerprint density at radius 1 is 1.62 bits per heavy atom. The summed E-state index contributed by atoms with van der Waals surface area (Å²) in [7, 11) is 1.30. The lowest BCUT2D eigenvalue weighted by Gasteiger charge is -2.08. The van der Waals surface area contributed by atoms with Crippen LogP contribution < -0.4 is 5.73 Å². The number of benzene rings is 1. The molecule has 4 heteroatoms. The van der Waals surface area contributed by atoms with Gasteiger partial charge in [0, 0.05) is 5.02 Å². The molecule has 1 unspecified atom stereocenters. The van der Waals surface area contributed by atoms with Crippen LogP contribution >= 0.6 is 11.6 Å². The van der Waals surface area contributed by atoms with Crippen LogP contribution in [-0.4, -0.2) is 13.1 Å². The van der Waals surface area contributed by atoms with E-state index in [1.54, 1.807) is 24.3 Å². The van der Waals surface area contributed by atoms with Crippen molar-refractivity contribution in [2.45, 2.75) is 6.04 Å². The van der Waals surface area contributed by atoms with Gasteiger partial charge in [0.2, 0.25) is 0 Å². The molecule has 0 bridgehead atoms. The summed E-state index contributed by atoms with van der Waals surface area (Å²) < 4.78 is 4.50. The summed E-state index contributed by atoms with van der Waals surface area (Å²) in [6.45, 7) is 0. The lowest BCUT2D eigenvalue weighted by molar-refractivity contribution is -0.142. The van der Waals surface area contributed by atoms with Crippen molar-refractivity contribution in [2.75, 3.05) is 7.11 Å². The van der Waals surface area contributed by atoms with Crippen LogP contribution in [0.3, 0.4) is 0 Å². The second kappa shape index (κ2) is 4.25. The topological polar surface area (TPSA) is 52.3 Å². The molecular formula is C9H10ClNO2. The first-order valence-corrected chi connectivity index (χ1v) is 4.12. The number of ether oxygens (including phenoxy) is 1. The Bertz CT molecular complexity index is 314. The summed E-state index contributed by atoms with van der Waals surface area (Å²) in [6, 6.07) is 6.07. The Hall–Kier alpha value is -1.06. The van der Waals surface area contributed by atoms with Crippen LogP contribution in [0.5, 0.6) is 0 Å². The highest BCUT2D eigenvalue weighted by Crippen LogP contribution is 2.16. The molecule has 0 spiro atoms. The summed E-state index contributed by atoms with van der Waals surface area (Å²) in [4.78, 5) is 11.0. The van der Waals surface area contributed by atoms with Crippen molar-refractivity contribution >= 4 is 17.6 Å². The number of carbonyl (C=O) groups is 1. The molecule has 70 valence electrons. The van der Waals surface area contributed by atoms with E-state index in [1.165, 1.54) is 7.11 Å². The Kier molecular flexibility index (Phi) is 3.28. The fourth-order valence-electron chi connectivity index (χ4n) is 0.963. The predicted molar refractivity (Wildman–Crippen MR) is 50.4 cm³/mol. The number of hydrogen-bond donors (Lipinski definition) is 1. The maximum atomic E-state index is 11.0. The molecule has 1 aromatic carbocycles. The van der Waals surface area contributed by atoms with E-state index in [-0.39, 0.29) is 0 Å².